The lowest BCUT2D eigenvalue weighted by molar-refractivity contribution is -0.136. The number of esters is 1. The van der Waals surface area contributed by atoms with Crippen LogP contribution in [-0.2, 0) is 19.1 Å². The van der Waals surface area contributed by atoms with Gasteiger partial charge in [0.1, 0.15) is 5.70 Å². The molecule has 27 heavy (non-hydrogen) atoms. The minimum atomic E-state index is -0.547. The van der Waals surface area contributed by atoms with Gasteiger partial charge in [-0.15, -0.1) is 0 Å². The Hall–Kier alpha value is -2.58. The van der Waals surface area contributed by atoms with Gasteiger partial charge in [-0.05, 0) is 30.7 Å². The van der Waals surface area contributed by atoms with Crippen LogP contribution in [-0.4, -0.2) is 75.0 Å². The highest BCUT2D eigenvalue weighted by atomic mass is 16.5. The van der Waals surface area contributed by atoms with E-state index in [1.807, 2.05) is 19.1 Å². The maximum Gasteiger partial charge on any atom is 0.337 e. The molecule has 0 atom stereocenters. The second-order valence-corrected chi connectivity index (χ2v) is 6.52. The predicted molar refractivity (Wildman–Crippen MR) is 101 cm³/mol. The van der Waals surface area contributed by atoms with Crippen molar-refractivity contribution in [1.82, 2.24) is 4.90 Å². The number of amides is 1. The Morgan fingerprint density at radius 3 is 2.70 bits per heavy atom. The molecule has 0 spiro atoms. The highest BCUT2D eigenvalue weighted by Crippen LogP contribution is 2.27. The molecule has 3 rings (SSSR count). The molecule has 0 radical (unpaired) electrons. The lowest BCUT2D eigenvalue weighted by atomic mass is 10.1. The van der Waals surface area contributed by atoms with Gasteiger partial charge in [0.15, 0.2) is 0 Å². The molecule has 2 N–H and O–H groups in total. The summed E-state index contributed by atoms with van der Waals surface area (Å²) < 4.78 is 10.2. The molecule has 0 aliphatic carbocycles. The van der Waals surface area contributed by atoms with Crippen LogP contribution in [0.3, 0.4) is 0 Å². The number of rotatable bonds is 6. The summed E-state index contributed by atoms with van der Waals surface area (Å²) in [7, 11) is 1.29. The molecule has 2 aliphatic rings. The molecule has 0 unspecified atom stereocenters. The maximum atomic E-state index is 12.6. The summed E-state index contributed by atoms with van der Waals surface area (Å²) in [5, 5.41) is 12.2. The SMILES string of the molecule is COC(=O)C1=C(Nc2ccc(N3CCOCC3)cc2C)C(=O)N(CCO)C1. The molecule has 0 saturated carbocycles. The number of hydrogen-bond donors (Lipinski definition) is 2. The minimum absolute atomic E-state index is 0.124. The smallest absolute Gasteiger partial charge is 0.337 e. The summed E-state index contributed by atoms with van der Waals surface area (Å²) >= 11 is 0. The normalized spacial score (nSPS) is 17.5. The van der Waals surface area contributed by atoms with Crippen LogP contribution in [0.5, 0.6) is 0 Å². The Balaban J connectivity index is 1.83. The van der Waals surface area contributed by atoms with Crippen LogP contribution in [0, 0.1) is 6.92 Å². The molecule has 1 amide bonds. The first-order valence-corrected chi connectivity index (χ1v) is 8.97. The van der Waals surface area contributed by atoms with Gasteiger partial charge in [0.05, 0.1) is 39.0 Å². The number of benzene rings is 1. The minimum Gasteiger partial charge on any atom is -0.466 e. The number of carbonyl (C=O) groups excluding carboxylic acids is 2. The zero-order valence-corrected chi connectivity index (χ0v) is 15.7. The number of anilines is 2. The Bertz CT molecular complexity index is 756. The molecule has 2 aliphatic heterocycles. The summed E-state index contributed by atoms with van der Waals surface area (Å²) in [6.07, 6.45) is 0. The summed E-state index contributed by atoms with van der Waals surface area (Å²) in [4.78, 5) is 28.4. The standard InChI is InChI=1S/C19H25N3O5/c1-13-11-14(21-6-9-27-10-7-21)3-4-16(13)20-17-15(19(25)26-2)12-22(5-8-23)18(17)24/h3-4,11,20,23H,5-10,12H2,1-2H3. The van der Waals surface area contributed by atoms with Crippen LogP contribution in [0.4, 0.5) is 11.4 Å². The van der Waals surface area contributed by atoms with Crippen LogP contribution in [0.25, 0.3) is 0 Å². The summed E-state index contributed by atoms with van der Waals surface area (Å²) in [6.45, 7) is 5.19. The number of aliphatic hydroxyl groups excluding tert-OH is 1. The number of morpholine rings is 1. The first-order valence-electron chi connectivity index (χ1n) is 8.97. The molecule has 1 saturated heterocycles. The average molecular weight is 375 g/mol. The Kier molecular flexibility index (Phi) is 5.98. The third-order valence-corrected chi connectivity index (χ3v) is 4.80. The molecule has 1 aromatic rings. The van der Waals surface area contributed by atoms with E-state index in [1.165, 1.54) is 12.0 Å². The van der Waals surface area contributed by atoms with Crippen molar-refractivity contribution in [1.29, 1.82) is 0 Å². The molecule has 2 heterocycles. The zero-order valence-electron chi connectivity index (χ0n) is 15.7. The fourth-order valence-electron chi connectivity index (χ4n) is 3.29. The van der Waals surface area contributed by atoms with E-state index < -0.39 is 5.97 Å². The number of methoxy groups -OCH3 is 1. The van der Waals surface area contributed by atoms with Gasteiger partial charge in [-0.25, -0.2) is 4.79 Å². The zero-order chi connectivity index (χ0) is 19.4. The van der Waals surface area contributed by atoms with Crippen LogP contribution >= 0.6 is 0 Å². The van der Waals surface area contributed by atoms with Crippen molar-refractivity contribution < 1.29 is 24.2 Å². The van der Waals surface area contributed by atoms with Crippen molar-refractivity contribution in [2.24, 2.45) is 0 Å². The van der Waals surface area contributed by atoms with E-state index in [0.29, 0.717) is 13.2 Å². The quantitative estimate of drug-likeness (QED) is 0.700. The largest absolute Gasteiger partial charge is 0.466 e. The van der Waals surface area contributed by atoms with Gasteiger partial charge in [0.2, 0.25) is 0 Å². The number of ether oxygens (including phenoxy) is 2. The Morgan fingerprint density at radius 1 is 1.33 bits per heavy atom. The predicted octanol–water partition coefficient (Wildman–Crippen LogP) is 0.505. The Morgan fingerprint density at radius 2 is 2.07 bits per heavy atom. The van der Waals surface area contributed by atoms with Gasteiger partial charge in [0.25, 0.3) is 5.91 Å². The molecule has 1 aromatic carbocycles. The third kappa shape index (κ3) is 4.06. The highest BCUT2D eigenvalue weighted by Gasteiger charge is 2.34. The molecule has 0 bridgehead atoms. The second kappa shape index (κ2) is 8.41. The highest BCUT2D eigenvalue weighted by molar-refractivity contribution is 6.08. The van der Waals surface area contributed by atoms with Crippen LogP contribution in [0.15, 0.2) is 29.5 Å². The number of aryl methyl sites for hydroxylation is 1. The first-order chi connectivity index (χ1) is 13.0. The average Bonchev–Trinajstić information content (AvgIpc) is 2.99. The van der Waals surface area contributed by atoms with E-state index in [0.717, 1.165) is 30.0 Å². The molecule has 146 valence electrons. The summed E-state index contributed by atoms with van der Waals surface area (Å²) in [6, 6.07) is 5.95. The van der Waals surface area contributed by atoms with Gasteiger partial charge in [-0.2, -0.15) is 0 Å². The molecular weight excluding hydrogens is 350 g/mol. The van der Waals surface area contributed by atoms with Crippen molar-refractivity contribution in [2.45, 2.75) is 6.92 Å². The lowest BCUT2D eigenvalue weighted by Gasteiger charge is -2.29. The molecular formula is C19H25N3O5. The molecule has 0 aromatic heterocycles. The van der Waals surface area contributed by atoms with Crippen LogP contribution in [0.2, 0.25) is 0 Å². The number of nitrogens with one attached hydrogen (secondary N) is 1. The third-order valence-electron chi connectivity index (χ3n) is 4.80. The van der Waals surface area contributed by atoms with Crippen LogP contribution < -0.4 is 10.2 Å². The van der Waals surface area contributed by atoms with Crippen LogP contribution in [0.1, 0.15) is 5.56 Å². The number of hydrogen-bond acceptors (Lipinski definition) is 7. The van der Waals surface area contributed by atoms with E-state index in [-0.39, 0.29) is 36.9 Å². The monoisotopic (exact) mass is 375 g/mol. The maximum absolute atomic E-state index is 12.6. The molecule has 8 heteroatoms. The van der Waals surface area contributed by atoms with E-state index in [4.69, 9.17) is 14.6 Å². The van der Waals surface area contributed by atoms with E-state index >= 15 is 0 Å². The first kappa shape index (κ1) is 19.2. The van der Waals surface area contributed by atoms with Gasteiger partial charge in [0, 0.05) is 31.0 Å². The number of aliphatic hydroxyl groups is 1. The number of nitrogens with zero attached hydrogens (tertiary/aromatic N) is 2. The molecule has 1 fully saturated rings. The van der Waals surface area contributed by atoms with Gasteiger partial charge >= 0.3 is 5.97 Å². The van der Waals surface area contributed by atoms with E-state index in [9.17, 15) is 9.59 Å². The van der Waals surface area contributed by atoms with E-state index in [2.05, 4.69) is 16.3 Å². The van der Waals surface area contributed by atoms with Gasteiger partial charge < -0.3 is 29.7 Å². The van der Waals surface area contributed by atoms with Crippen molar-refractivity contribution in [3.05, 3.63) is 35.0 Å². The van der Waals surface area contributed by atoms with Crippen molar-refractivity contribution in [3.8, 4) is 0 Å². The fourth-order valence-corrected chi connectivity index (χ4v) is 3.29. The summed E-state index contributed by atoms with van der Waals surface area (Å²) in [5.74, 6) is -0.866. The number of β-amino-alcohol motifs (C(OH)–C–C–N with tert-alkyl or cyclic N) is 1. The van der Waals surface area contributed by atoms with Crippen molar-refractivity contribution in [3.63, 3.8) is 0 Å². The fraction of sp³-hybridized carbons (Fsp3) is 0.474. The van der Waals surface area contributed by atoms with Gasteiger partial charge in [-0.1, -0.05) is 0 Å². The van der Waals surface area contributed by atoms with E-state index in [1.54, 1.807) is 0 Å². The lowest BCUT2D eigenvalue weighted by Crippen LogP contribution is -2.36. The summed E-state index contributed by atoms with van der Waals surface area (Å²) in [5.41, 5.74) is 3.29. The second-order valence-electron chi connectivity index (χ2n) is 6.52. The Labute approximate surface area is 158 Å². The van der Waals surface area contributed by atoms with Crippen molar-refractivity contribution in [2.75, 3.05) is 63.3 Å². The van der Waals surface area contributed by atoms with Crippen molar-refractivity contribution >= 4 is 23.3 Å². The topological polar surface area (TPSA) is 91.3 Å². The molecule has 8 nitrogen and oxygen atoms in total. The van der Waals surface area contributed by atoms with Gasteiger partial charge in [-0.3, -0.25) is 4.79 Å². The number of carbonyl (C=O) groups is 2.